The summed E-state index contributed by atoms with van der Waals surface area (Å²) in [6.07, 6.45) is 1.89. The van der Waals surface area contributed by atoms with Crippen LogP contribution in [-0.2, 0) is 14.8 Å². The monoisotopic (exact) mass is 420 g/mol. The first kappa shape index (κ1) is 22.5. The van der Waals surface area contributed by atoms with Crippen LogP contribution < -0.4 is 19.5 Å². The van der Waals surface area contributed by atoms with Crippen molar-refractivity contribution in [1.29, 1.82) is 0 Å². The van der Waals surface area contributed by atoms with E-state index in [1.54, 1.807) is 44.4 Å². The highest BCUT2D eigenvalue weighted by Crippen LogP contribution is 2.24. The Hall–Kier alpha value is -2.74. The summed E-state index contributed by atoms with van der Waals surface area (Å²) in [5.74, 6) is 0.897. The molecule has 0 aliphatic rings. The van der Waals surface area contributed by atoms with Gasteiger partial charge in [0.1, 0.15) is 11.5 Å². The number of benzene rings is 2. The van der Waals surface area contributed by atoms with E-state index in [1.165, 1.54) is 12.1 Å². The Morgan fingerprint density at radius 3 is 2.41 bits per heavy atom. The van der Waals surface area contributed by atoms with Crippen LogP contribution in [-0.4, -0.2) is 34.1 Å². The summed E-state index contributed by atoms with van der Waals surface area (Å²) >= 11 is 0. The van der Waals surface area contributed by atoms with Crippen molar-refractivity contribution in [2.45, 2.75) is 44.6 Å². The van der Waals surface area contributed by atoms with Gasteiger partial charge in [0, 0.05) is 11.7 Å². The smallest absolute Gasteiger partial charge is 0.261 e. The molecule has 0 aliphatic heterocycles. The molecule has 0 fully saturated rings. The molecule has 2 rings (SSSR count). The van der Waals surface area contributed by atoms with Crippen LogP contribution in [0.1, 0.15) is 32.3 Å². The average molecular weight is 421 g/mol. The highest BCUT2D eigenvalue weighted by molar-refractivity contribution is 7.92. The molecule has 1 atom stereocenters. The van der Waals surface area contributed by atoms with E-state index in [4.69, 9.17) is 9.47 Å². The lowest BCUT2D eigenvalue weighted by Gasteiger charge is -2.15. The number of anilines is 1. The molecule has 0 bridgehead atoms. The zero-order chi connectivity index (χ0) is 21.4. The number of nitrogens with one attached hydrogen (secondary N) is 2. The molecule has 0 unspecified atom stereocenters. The number of aryl methyl sites for hydroxylation is 1. The predicted octanol–water partition coefficient (Wildman–Crippen LogP) is 3.49. The predicted molar refractivity (Wildman–Crippen MR) is 113 cm³/mol. The molecule has 0 saturated heterocycles. The summed E-state index contributed by atoms with van der Waals surface area (Å²) in [5.41, 5.74) is 1.05. The van der Waals surface area contributed by atoms with E-state index in [-0.39, 0.29) is 23.5 Å². The van der Waals surface area contributed by atoms with Crippen molar-refractivity contribution in [2.75, 3.05) is 18.4 Å². The van der Waals surface area contributed by atoms with Gasteiger partial charge in [0.15, 0.2) is 6.61 Å². The summed E-state index contributed by atoms with van der Waals surface area (Å²) in [6.45, 7) is 5.62. The van der Waals surface area contributed by atoms with Gasteiger partial charge in [-0.25, -0.2) is 8.42 Å². The lowest BCUT2D eigenvalue weighted by atomic mass is 10.2. The second-order valence-electron chi connectivity index (χ2n) is 6.81. The summed E-state index contributed by atoms with van der Waals surface area (Å²) < 4.78 is 38.4. The molecule has 0 aromatic heterocycles. The summed E-state index contributed by atoms with van der Waals surface area (Å²) in [4.78, 5) is 12.0. The first-order valence-corrected chi connectivity index (χ1v) is 10.9. The number of carbonyl (C=O) groups excluding carboxylic acids is 1. The van der Waals surface area contributed by atoms with Crippen molar-refractivity contribution in [1.82, 2.24) is 5.32 Å². The maximum absolute atomic E-state index is 12.6. The third-order valence-electron chi connectivity index (χ3n) is 4.29. The third-order valence-corrected chi connectivity index (χ3v) is 5.67. The van der Waals surface area contributed by atoms with E-state index >= 15 is 0 Å². The van der Waals surface area contributed by atoms with Gasteiger partial charge in [-0.2, -0.15) is 0 Å². The summed E-state index contributed by atoms with van der Waals surface area (Å²) in [7, 11) is -2.21. The molecular weight excluding hydrogens is 392 g/mol. The van der Waals surface area contributed by atoms with Gasteiger partial charge >= 0.3 is 0 Å². The zero-order valence-electron chi connectivity index (χ0n) is 17.2. The Labute approximate surface area is 172 Å². The molecule has 29 heavy (non-hydrogen) atoms. The van der Waals surface area contributed by atoms with Crippen LogP contribution in [0, 0.1) is 6.92 Å². The number of amides is 1. The molecule has 158 valence electrons. The van der Waals surface area contributed by atoms with Gasteiger partial charge in [0.05, 0.1) is 12.0 Å². The molecule has 0 aliphatic carbocycles. The van der Waals surface area contributed by atoms with Gasteiger partial charge < -0.3 is 14.8 Å². The van der Waals surface area contributed by atoms with E-state index < -0.39 is 10.0 Å². The van der Waals surface area contributed by atoms with Gasteiger partial charge in [-0.1, -0.05) is 13.3 Å². The summed E-state index contributed by atoms with van der Waals surface area (Å²) in [6, 6.07) is 11.2. The number of carbonyl (C=O) groups is 1. The van der Waals surface area contributed by atoms with Crippen molar-refractivity contribution >= 4 is 21.6 Å². The van der Waals surface area contributed by atoms with Gasteiger partial charge in [-0.15, -0.1) is 0 Å². The van der Waals surface area contributed by atoms with Gasteiger partial charge in [0.2, 0.25) is 0 Å². The number of hydrogen-bond acceptors (Lipinski definition) is 5. The van der Waals surface area contributed by atoms with Crippen LogP contribution in [0.25, 0.3) is 0 Å². The molecule has 0 spiro atoms. The van der Waals surface area contributed by atoms with E-state index in [0.717, 1.165) is 12.8 Å². The largest absolute Gasteiger partial charge is 0.497 e. The molecule has 0 radical (unpaired) electrons. The first-order valence-electron chi connectivity index (χ1n) is 9.45. The third kappa shape index (κ3) is 6.67. The Kier molecular flexibility index (Phi) is 7.90. The molecule has 0 saturated carbocycles. The van der Waals surface area contributed by atoms with Crippen LogP contribution in [0.3, 0.4) is 0 Å². The van der Waals surface area contributed by atoms with E-state index in [2.05, 4.69) is 17.0 Å². The van der Waals surface area contributed by atoms with Gasteiger partial charge in [0.25, 0.3) is 15.9 Å². The first-order chi connectivity index (χ1) is 13.7. The Balaban J connectivity index is 2.02. The Morgan fingerprint density at radius 1 is 1.14 bits per heavy atom. The van der Waals surface area contributed by atoms with Crippen molar-refractivity contribution in [3.63, 3.8) is 0 Å². The maximum atomic E-state index is 12.6. The summed E-state index contributed by atoms with van der Waals surface area (Å²) in [5, 5.41) is 2.86. The fourth-order valence-corrected chi connectivity index (χ4v) is 3.93. The lowest BCUT2D eigenvalue weighted by Crippen LogP contribution is -2.36. The number of ether oxygens (including phenoxy) is 2. The molecule has 1 amide bonds. The van der Waals surface area contributed by atoms with Gasteiger partial charge in [-0.3, -0.25) is 9.52 Å². The van der Waals surface area contributed by atoms with Gasteiger partial charge in [-0.05, 0) is 68.3 Å². The van der Waals surface area contributed by atoms with Crippen LogP contribution in [0.15, 0.2) is 47.4 Å². The number of sulfonamides is 1. The Morgan fingerprint density at radius 2 is 1.83 bits per heavy atom. The van der Waals surface area contributed by atoms with Crippen molar-refractivity contribution in [2.24, 2.45) is 0 Å². The maximum Gasteiger partial charge on any atom is 0.261 e. The lowest BCUT2D eigenvalue weighted by molar-refractivity contribution is -0.123. The Bertz CT molecular complexity index is 927. The average Bonchev–Trinajstić information content (AvgIpc) is 2.67. The van der Waals surface area contributed by atoms with Crippen molar-refractivity contribution in [3.05, 3.63) is 48.0 Å². The standard InChI is InChI=1S/C21H28N2O5S/c1-5-6-16(3)22-21(24)14-28-20-12-11-19(13-15(20)2)29(25,26)23-17-7-9-18(27-4)10-8-17/h7-13,16,23H,5-6,14H2,1-4H3,(H,22,24)/t16-/m0/s1. The van der Waals surface area contributed by atoms with E-state index in [9.17, 15) is 13.2 Å². The molecule has 0 heterocycles. The quantitative estimate of drug-likeness (QED) is 0.614. The fraction of sp³-hybridized carbons (Fsp3) is 0.381. The minimum absolute atomic E-state index is 0.0914. The minimum atomic E-state index is -3.75. The minimum Gasteiger partial charge on any atom is -0.497 e. The highest BCUT2D eigenvalue weighted by Gasteiger charge is 2.16. The second kappa shape index (κ2) is 10.2. The number of hydrogen-bond donors (Lipinski definition) is 2. The van der Waals surface area contributed by atoms with Crippen LogP contribution in [0.4, 0.5) is 5.69 Å². The molecule has 2 N–H and O–H groups in total. The normalized spacial score (nSPS) is 12.1. The van der Waals surface area contributed by atoms with E-state index in [0.29, 0.717) is 22.7 Å². The van der Waals surface area contributed by atoms with Crippen molar-refractivity contribution < 1.29 is 22.7 Å². The van der Waals surface area contributed by atoms with Crippen LogP contribution in [0.5, 0.6) is 11.5 Å². The number of rotatable bonds is 10. The van der Waals surface area contributed by atoms with Crippen LogP contribution in [0.2, 0.25) is 0 Å². The van der Waals surface area contributed by atoms with Crippen LogP contribution >= 0.6 is 0 Å². The highest BCUT2D eigenvalue weighted by atomic mass is 32.2. The molecule has 7 nitrogen and oxygen atoms in total. The fourth-order valence-electron chi connectivity index (χ4n) is 2.79. The number of methoxy groups -OCH3 is 1. The zero-order valence-corrected chi connectivity index (χ0v) is 18.0. The molecular formula is C21H28N2O5S. The molecule has 2 aromatic rings. The second-order valence-corrected chi connectivity index (χ2v) is 8.49. The molecule has 8 heteroatoms. The van der Waals surface area contributed by atoms with Crippen molar-refractivity contribution in [3.8, 4) is 11.5 Å². The molecule has 2 aromatic carbocycles. The SMILES string of the molecule is CCC[C@H](C)NC(=O)COc1ccc(S(=O)(=O)Nc2ccc(OC)cc2)cc1C. The topological polar surface area (TPSA) is 93.7 Å². The van der Waals surface area contributed by atoms with E-state index in [1.807, 2.05) is 6.92 Å².